The molecule has 0 aromatic carbocycles. The molecule has 0 aliphatic rings. The fourth-order valence-corrected chi connectivity index (χ4v) is 3.56. The molecule has 4 heteroatoms. The number of aromatic nitrogens is 1. The Balaban J connectivity index is 2.95. The molecule has 1 aromatic heterocycles. The van der Waals surface area contributed by atoms with Gasteiger partial charge in [0.15, 0.2) is 5.13 Å². The van der Waals surface area contributed by atoms with E-state index in [4.69, 9.17) is 4.98 Å². The van der Waals surface area contributed by atoms with Crippen molar-refractivity contribution in [3.05, 3.63) is 10.6 Å². The molecule has 21 heavy (non-hydrogen) atoms. The van der Waals surface area contributed by atoms with Crippen LogP contribution in [0, 0.1) is 0 Å². The van der Waals surface area contributed by atoms with Crippen molar-refractivity contribution >= 4 is 16.5 Å². The third-order valence-electron chi connectivity index (χ3n) is 3.91. The van der Waals surface area contributed by atoms with Gasteiger partial charge in [0.05, 0.1) is 5.69 Å². The van der Waals surface area contributed by atoms with Crippen molar-refractivity contribution in [3.63, 3.8) is 0 Å². The number of anilines is 1. The van der Waals surface area contributed by atoms with Gasteiger partial charge in [-0.2, -0.15) is 0 Å². The summed E-state index contributed by atoms with van der Waals surface area (Å²) in [5.41, 5.74) is 1.31. The number of rotatable bonds is 11. The van der Waals surface area contributed by atoms with Crippen molar-refractivity contribution in [2.75, 3.05) is 18.0 Å². The number of nitrogens with zero attached hydrogens (tertiary/aromatic N) is 2. The van der Waals surface area contributed by atoms with Crippen molar-refractivity contribution in [2.45, 2.75) is 79.3 Å². The Morgan fingerprint density at radius 3 is 2.52 bits per heavy atom. The van der Waals surface area contributed by atoms with Gasteiger partial charge in [-0.3, -0.25) is 0 Å². The highest BCUT2D eigenvalue weighted by Crippen LogP contribution is 2.29. The topological polar surface area (TPSA) is 28.2 Å². The molecule has 0 amide bonds. The van der Waals surface area contributed by atoms with E-state index in [1.165, 1.54) is 41.4 Å². The van der Waals surface area contributed by atoms with Crippen molar-refractivity contribution in [2.24, 2.45) is 0 Å². The molecule has 1 heterocycles. The van der Waals surface area contributed by atoms with Gasteiger partial charge in [-0.05, 0) is 32.7 Å². The van der Waals surface area contributed by atoms with E-state index in [2.05, 4.69) is 44.8 Å². The number of hydrogen-bond donors (Lipinski definition) is 1. The molecule has 0 aliphatic carbocycles. The van der Waals surface area contributed by atoms with Gasteiger partial charge in [0.1, 0.15) is 0 Å². The van der Waals surface area contributed by atoms with Crippen LogP contribution in [0.4, 0.5) is 5.13 Å². The first-order valence-electron chi connectivity index (χ1n) is 8.63. The lowest BCUT2D eigenvalue weighted by molar-refractivity contribution is 0.593. The zero-order valence-electron chi connectivity index (χ0n) is 14.5. The molecule has 122 valence electrons. The van der Waals surface area contributed by atoms with Crippen LogP contribution in [-0.2, 0) is 13.0 Å². The van der Waals surface area contributed by atoms with Crippen molar-refractivity contribution in [3.8, 4) is 0 Å². The van der Waals surface area contributed by atoms with Gasteiger partial charge in [0, 0.05) is 24.0 Å². The first-order chi connectivity index (χ1) is 10.2. The standard InChI is InChI=1S/C17H33N3S/c1-6-10-12-20(14(5)8-3)17-19-15(11-7-2)16(21-17)13-18-9-4/h14,18H,6-13H2,1-5H3. The molecule has 0 radical (unpaired) electrons. The van der Waals surface area contributed by atoms with E-state index in [9.17, 15) is 0 Å². The van der Waals surface area contributed by atoms with E-state index >= 15 is 0 Å². The molecular formula is C17H33N3S. The third-order valence-corrected chi connectivity index (χ3v) is 5.05. The maximum absolute atomic E-state index is 4.98. The molecule has 1 aromatic rings. The van der Waals surface area contributed by atoms with Gasteiger partial charge in [0.2, 0.25) is 0 Å². The SMILES string of the molecule is CCCCN(c1nc(CCC)c(CNCC)s1)C(C)CC. The first-order valence-corrected chi connectivity index (χ1v) is 9.45. The molecule has 1 atom stereocenters. The highest BCUT2D eigenvalue weighted by Gasteiger charge is 2.19. The first kappa shape index (κ1) is 18.4. The smallest absolute Gasteiger partial charge is 0.186 e. The summed E-state index contributed by atoms with van der Waals surface area (Å²) in [6, 6.07) is 0.573. The van der Waals surface area contributed by atoms with Gasteiger partial charge in [-0.15, -0.1) is 11.3 Å². The Morgan fingerprint density at radius 2 is 1.95 bits per heavy atom. The van der Waals surface area contributed by atoms with E-state index in [0.717, 1.165) is 26.1 Å². The highest BCUT2D eigenvalue weighted by molar-refractivity contribution is 7.15. The van der Waals surface area contributed by atoms with E-state index in [1.54, 1.807) is 0 Å². The number of thiazole rings is 1. The molecular weight excluding hydrogens is 278 g/mol. The molecule has 1 N–H and O–H groups in total. The second kappa shape index (κ2) is 10.2. The molecule has 0 saturated heterocycles. The normalized spacial score (nSPS) is 12.6. The van der Waals surface area contributed by atoms with Crippen LogP contribution in [0.15, 0.2) is 0 Å². The molecule has 0 fully saturated rings. The predicted molar refractivity (Wildman–Crippen MR) is 95.5 cm³/mol. The fraction of sp³-hybridized carbons (Fsp3) is 0.824. The Hall–Kier alpha value is -0.610. The van der Waals surface area contributed by atoms with Crippen LogP contribution in [0.2, 0.25) is 0 Å². The minimum absolute atomic E-state index is 0.573. The highest BCUT2D eigenvalue weighted by atomic mass is 32.1. The number of hydrogen-bond acceptors (Lipinski definition) is 4. The summed E-state index contributed by atoms with van der Waals surface area (Å²) >= 11 is 1.89. The third kappa shape index (κ3) is 5.59. The summed E-state index contributed by atoms with van der Waals surface area (Å²) in [4.78, 5) is 8.93. The zero-order chi connectivity index (χ0) is 15.7. The molecule has 0 spiro atoms. The lowest BCUT2D eigenvalue weighted by atomic mass is 10.2. The number of aryl methyl sites for hydroxylation is 1. The molecule has 1 rings (SSSR count). The second-order valence-electron chi connectivity index (χ2n) is 5.70. The average molecular weight is 312 g/mol. The maximum Gasteiger partial charge on any atom is 0.186 e. The summed E-state index contributed by atoms with van der Waals surface area (Å²) in [5, 5.41) is 4.68. The van der Waals surface area contributed by atoms with Crippen molar-refractivity contribution in [1.82, 2.24) is 10.3 Å². The van der Waals surface area contributed by atoms with Gasteiger partial charge in [-0.25, -0.2) is 4.98 Å². The fourth-order valence-electron chi connectivity index (χ4n) is 2.35. The zero-order valence-corrected chi connectivity index (χ0v) is 15.4. The second-order valence-corrected chi connectivity index (χ2v) is 6.76. The largest absolute Gasteiger partial charge is 0.345 e. The van der Waals surface area contributed by atoms with Gasteiger partial charge < -0.3 is 10.2 Å². The van der Waals surface area contributed by atoms with Crippen LogP contribution < -0.4 is 10.2 Å². The van der Waals surface area contributed by atoms with Gasteiger partial charge in [0.25, 0.3) is 0 Å². The Bertz CT molecular complexity index is 389. The quantitative estimate of drug-likeness (QED) is 0.647. The minimum atomic E-state index is 0.573. The number of unbranched alkanes of at least 4 members (excludes halogenated alkanes) is 1. The summed E-state index contributed by atoms with van der Waals surface area (Å²) in [5.74, 6) is 0. The molecule has 3 nitrogen and oxygen atoms in total. The van der Waals surface area contributed by atoms with Crippen molar-refractivity contribution < 1.29 is 0 Å². The summed E-state index contributed by atoms with van der Waals surface area (Å²) in [6.45, 7) is 14.4. The van der Waals surface area contributed by atoms with Gasteiger partial charge >= 0.3 is 0 Å². The summed E-state index contributed by atoms with van der Waals surface area (Å²) < 4.78 is 0. The predicted octanol–water partition coefficient (Wildman–Crippen LogP) is 4.61. The Kier molecular flexibility index (Phi) is 8.93. The van der Waals surface area contributed by atoms with Crippen LogP contribution in [0.1, 0.15) is 70.9 Å². The van der Waals surface area contributed by atoms with Crippen LogP contribution in [0.5, 0.6) is 0 Å². The average Bonchev–Trinajstić information content (AvgIpc) is 2.88. The van der Waals surface area contributed by atoms with E-state index in [-0.39, 0.29) is 0 Å². The molecule has 1 unspecified atom stereocenters. The lowest BCUT2D eigenvalue weighted by Gasteiger charge is -2.28. The van der Waals surface area contributed by atoms with E-state index < -0.39 is 0 Å². The summed E-state index contributed by atoms with van der Waals surface area (Å²) in [7, 11) is 0. The van der Waals surface area contributed by atoms with E-state index in [1.807, 2.05) is 11.3 Å². The molecule has 0 bridgehead atoms. The molecule has 0 aliphatic heterocycles. The van der Waals surface area contributed by atoms with Crippen LogP contribution in [0.25, 0.3) is 0 Å². The Morgan fingerprint density at radius 1 is 1.19 bits per heavy atom. The van der Waals surface area contributed by atoms with Gasteiger partial charge in [-0.1, -0.05) is 40.5 Å². The van der Waals surface area contributed by atoms with Crippen LogP contribution >= 0.6 is 11.3 Å². The van der Waals surface area contributed by atoms with E-state index in [0.29, 0.717) is 6.04 Å². The monoisotopic (exact) mass is 311 g/mol. The Labute approximate surface area is 135 Å². The minimum Gasteiger partial charge on any atom is -0.345 e. The maximum atomic E-state index is 4.98. The number of nitrogens with one attached hydrogen (secondary N) is 1. The summed E-state index contributed by atoms with van der Waals surface area (Å²) in [6.07, 6.45) is 5.93. The molecule has 0 saturated carbocycles. The van der Waals surface area contributed by atoms with Crippen molar-refractivity contribution in [1.29, 1.82) is 0 Å². The van der Waals surface area contributed by atoms with Crippen LogP contribution in [0.3, 0.4) is 0 Å². The lowest BCUT2D eigenvalue weighted by Crippen LogP contribution is -2.33. The van der Waals surface area contributed by atoms with Crippen LogP contribution in [-0.4, -0.2) is 24.1 Å².